The summed E-state index contributed by atoms with van der Waals surface area (Å²) in [6.07, 6.45) is 0.165. The van der Waals surface area contributed by atoms with Gasteiger partial charge in [-0.2, -0.15) is 4.98 Å². The number of methoxy groups -OCH3 is 1. The molecular formula is C14H17BrN2O3. The summed E-state index contributed by atoms with van der Waals surface area (Å²) in [6, 6.07) is 5.56. The number of aliphatic hydroxyl groups is 1. The summed E-state index contributed by atoms with van der Waals surface area (Å²) in [4.78, 5) is 4.35. The average molecular weight is 341 g/mol. The summed E-state index contributed by atoms with van der Waals surface area (Å²) in [5.41, 5.74) is 0.825. The van der Waals surface area contributed by atoms with Crippen molar-refractivity contribution >= 4 is 15.9 Å². The zero-order chi connectivity index (χ0) is 14.7. The van der Waals surface area contributed by atoms with Crippen LogP contribution in [0.5, 0.6) is 5.75 Å². The Hall–Kier alpha value is -1.40. The molecule has 5 nitrogen and oxygen atoms in total. The minimum absolute atomic E-state index is 0.178. The molecule has 0 radical (unpaired) electrons. The standard InChI is InChI=1S/C14H17BrN2O3/c1-4-11(18)8(2)14-16-13(17-20-14)9-5-6-12(19-3)10(15)7-9/h5-8,11,18H,4H2,1-3H3. The first-order valence-corrected chi connectivity index (χ1v) is 7.21. The fraction of sp³-hybridized carbons (Fsp3) is 0.429. The van der Waals surface area contributed by atoms with Crippen LogP contribution in [-0.4, -0.2) is 28.5 Å². The van der Waals surface area contributed by atoms with E-state index in [-0.39, 0.29) is 5.92 Å². The van der Waals surface area contributed by atoms with E-state index in [1.54, 1.807) is 7.11 Å². The number of aliphatic hydroxyl groups excluding tert-OH is 1. The Bertz CT molecular complexity index is 586. The SMILES string of the molecule is CCC(O)C(C)c1nc(-c2ccc(OC)c(Br)c2)no1. The topological polar surface area (TPSA) is 68.4 Å². The first-order chi connectivity index (χ1) is 9.56. The molecule has 0 saturated carbocycles. The van der Waals surface area contributed by atoms with E-state index in [1.165, 1.54) is 0 Å². The van der Waals surface area contributed by atoms with Crippen LogP contribution >= 0.6 is 15.9 Å². The lowest BCUT2D eigenvalue weighted by Gasteiger charge is -2.11. The van der Waals surface area contributed by atoms with Gasteiger partial charge in [-0.25, -0.2) is 0 Å². The van der Waals surface area contributed by atoms with Crippen molar-refractivity contribution in [1.29, 1.82) is 0 Å². The molecule has 0 aliphatic heterocycles. The predicted molar refractivity (Wildman–Crippen MR) is 78.7 cm³/mol. The second kappa shape index (κ2) is 6.37. The van der Waals surface area contributed by atoms with Crippen LogP contribution in [0.25, 0.3) is 11.4 Å². The molecule has 0 spiro atoms. The number of hydrogen-bond acceptors (Lipinski definition) is 5. The van der Waals surface area contributed by atoms with E-state index < -0.39 is 6.10 Å². The Kier molecular flexibility index (Phi) is 4.77. The van der Waals surface area contributed by atoms with Crippen LogP contribution < -0.4 is 4.74 Å². The van der Waals surface area contributed by atoms with Gasteiger partial charge in [0, 0.05) is 5.56 Å². The predicted octanol–water partition coefficient (Wildman–Crippen LogP) is 3.38. The van der Waals surface area contributed by atoms with E-state index in [4.69, 9.17) is 9.26 Å². The van der Waals surface area contributed by atoms with Gasteiger partial charge in [-0.05, 0) is 40.5 Å². The van der Waals surface area contributed by atoms with Gasteiger partial charge in [-0.15, -0.1) is 0 Å². The number of rotatable bonds is 5. The lowest BCUT2D eigenvalue weighted by molar-refractivity contribution is 0.129. The third-order valence-electron chi connectivity index (χ3n) is 3.24. The summed E-state index contributed by atoms with van der Waals surface area (Å²) in [7, 11) is 1.61. The number of nitrogens with zero attached hydrogens (tertiary/aromatic N) is 2. The van der Waals surface area contributed by atoms with Crippen LogP contribution in [0, 0.1) is 0 Å². The Balaban J connectivity index is 2.26. The molecule has 108 valence electrons. The highest BCUT2D eigenvalue weighted by Crippen LogP contribution is 2.30. The molecule has 0 amide bonds. The van der Waals surface area contributed by atoms with Gasteiger partial charge in [0.25, 0.3) is 0 Å². The van der Waals surface area contributed by atoms with Crippen molar-refractivity contribution < 1.29 is 14.4 Å². The molecule has 0 aliphatic carbocycles. The van der Waals surface area contributed by atoms with Gasteiger partial charge >= 0.3 is 0 Å². The van der Waals surface area contributed by atoms with Crippen LogP contribution in [0.15, 0.2) is 27.2 Å². The maximum atomic E-state index is 9.82. The summed E-state index contributed by atoms with van der Waals surface area (Å²) in [5, 5.41) is 13.8. The van der Waals surface area contributed by atoms with Gasteiger partial charge in [-0.1, -0.05) is 19.0 Å². The molecule has 2 aromatic rings. The molecule has 0 fully saturated rings. The van der Waals surface area contributed by atoms with E-state index in [9.17, 15) is 5.11 Å². The average Bonchev–Trinajstić information content (AvgIpc) is 2.95. The van der Waals surface area contributed by atoms with Gasteiger partial charge in [0.15, 0.2) is 0 Å². The maximum Gasteiger partial charge on any atom is 0.232 e. The molecule has 0 saturated heterocycles. The summed E-state index contributed by atoms with van der Waals surface area (Å²) >= 11 is 3.42. The summed E-state index contributed by atoms with van der Waals surface area (Å²) < 4.78 is 11.2. The first-order valence-electron chi connectivity index (χ1n) is 6.42. The highest BCUT2D eigenvalue weighted by molar-refractivity contribution is 9.10. The maximum absolute atomic E-state index is 9.82. The number of aromatic nitrogens is 2. The molecule has 0 aliphatic rings. The van der Waals surface area contributed by atoms with E-state index in [1.807, 2.05) is 32.0 Å². The fourth-order valence-electron chi connectivity index (χ4n) is 1.86. The lowest BCUT2D eigenvalue weighted by atomic mass is 10.0. The quantitative estimate of drug-likeness (QED) is 0.903. The minimum atomic E-state index is -0.481. The molecule has 1 aromatic heterocycles. The van der Waals surface area contributed by atoms with Crippen molar-refractivity contribution in [2.24, 2.45) is 0 Å². The van der Waals surface area contributed by atoms with Crippen molar-refractivity contribution in [1.82, 2.24) is 10.1 Å². The fourth-order valence-corrected chi connectivity index (χ4v) is 2.40. The van der Waals surface area contributed by atoms with E-state index in [0.29, 0.717) is 18.1 Å². The van der Waals surface area contributed by atoms with Crippen LogP contribution in [0.3, 0.4) is 0 Å². The molecule has 2 rings (SSSR count). The minimum Gasteiger partial charge on any atom is -0.496 e. The highest BCUT2D eigenvalue weighted by Gasteiger charge is 2.21. The van der Waals surface area contributed by atoms with Crippen LogP contribution in [-0.2, 0) is 0 Å². The molecule has 6 heteroatoms. The van der Waals surface area contributed by atoms with E-state index >= 15 is 0 Å². The zero-order valence-corrected chi connectivity index (χ0v) is 13.2. The van der Waals surface area contributed by atoms with Gasteiger partial charge in [0.05, 0.1) is 23.6 Å². The van der Waals surface area contributed by atoms with Crippen LogP contribution in [0.4, 0.5) is 0 Å². The summed E-state index contributed by atoms with van der Waals surface area (Å²) in [5.74, 6) is 1.51. The monoisotopic (exact) mass is 340 g/mol. The zero-order valence-electron chi connectivity index (χ0n) is 11.6. The molecule has 0 bridgehead atoms. The highest BCUT2D eigenvalue weighted by atomic mass is 79.9. The third kappa shape index (κ3) is 3.02. The van der Waals surface area contributed by atoms with Crippen molar-refractivity contribution in [2.75, 3.05) is 7.11 Å². The Morgan fingerprint density at radius 2 is 2.20 bits per heavy atom. The summed E-state index contributed by atoms with van der Waals surface area (Å²) in [6.45, 7) is 3.79. The van der Waals surface area contributed by atoms with Crippen LogP contribution in [0.1, 0.15) is 32.1 Å². The molecule has 1 heterocycles. The second-order valence-corrected chi connectivity index (χ2v) is 5.42. The van der Waals surface area contributed by atoms with Crippen molar-refractivity contribution in [2.45, 2.75) is 32.3 Å². The van der Waals surface area contributed by atoms with Crippen LogP contribution in [0.2, 0.25) is 0 Å². The Morgan fingerprint density at radius 1 is 1.45 bits per heavy atom. The van der Waals surface area contributed by atoms with E-state index in [2.05, 4.69) is 26.1 Å². The molecule has 2 unspecified atom stereocenters. The molecule has 20 heavy (non-hydrogen) atoms. The number of halogens is 1. The van der Waals surface area contributed by atoms with E-state index in [0.717, 1.165) is 15.8 Å². The van der Waals surface area contributed by atoms with Gasteiger partial charge in [0.1, 0.15) is 5.75 Å². The number of hydrogen-bond donors (Lipinski definition) is 1. The largest absolute Gasteiger partial charge is 0.496 e. The molecule has 1 aromatic carbocycles. The third-order valence-corrected chi connectivity index (χ3v) is 3.86. The van der Waals surface area contributed by atoms with Crippen molar-refractivity contribution in [3.8, 4) is 17.1 Å². The smallest absolute Gasteiger partial charge is 0.232 e. The molecule has 1 N–H and O–H groups in total. The van der Waals surface area contributed by atoms with Gasteiger partial charge in [-0.3, -0.25) is 0 Å². The first kappa shape index (κ1) is 15.0. The van der Waals surface area contributed by atoms with Gasteiger partial charge < -0.3 is 14.4 Å². The van der Waals surface area contributed by atoms with Gasteiger partial charge in [0.2, 0.25) is 11.7 Å². The Morgan fingerprint density at radius 3 is 2.80 bits per heavy atom. The normalized spacial score (nSPS) is 14.1. The Labute approximate surface area is 126 Å². The second-order valence-electron chi connectivity index (χ2n) is 4.57. The van der Waals surface area contributed by atoms with Crippen molar-refractivity contribution in [3.05, 3.63) is 28.6 Å². The number of benzene rings is 1. The molecule has 2 atom stereocenters. The number of ether oxygens (including phenoxy) is 1. The lowest BCUT2D eigenvalue weighted by Crippen LogP contribution is -2.14. The molecular weight excluding hydrogens is 324 g/mol. The van der Waals surface area contributed by atoms with Crippen molar-refractivity contribution in [3.63, 3.8) is 0 Å².